The van der Waals surface area contributed by atoms with E-state index < -0.39 is 0 Å². The Morgan fingerprint density at radius 1 is 1.21 bits per heavy atom. The van der Waals surface area contributed by atoms with Gasteiger partial charge in [-0.25, -0.2) is 9.50 Å². The first-order chi connectivity index (χ1) is 13.7. The van der Waals surface area contributed by atoms with Crippen molar-refractivity contribution in [2.45, 2.75) is 18.8 Å². The van der Waals surface area contributed by atoms with Crippen LogP contribution in [-0.4, -0.2) is 48.3 Å². The molecule has 142 valence electrons. The molecule has 1 fully saturated rings. The number of carbonyl (C=O) groups excluding carboxylic acids is 1. The number of fused-ring (bicyclic) bond motifs is 1. The Morgan fingerprint density at radius 2 is 2.14 bits per heavy atom. The molecule has 1 saturated heterocycles. The zero-order valence-electron chi connectivity index (χ0n) is 15.5. The first kappa shape index (κ1) is 17.1. The van der Waals surface area contributed by atoms with Gasteiger partial charge in [0.1, 0.15) is 5.69 Å². The van der Waals surface area contributed by atoms with Crippen LogP contribution < -0.4 is 0 Å². The first-order valence-corrected chi connectivity index (χ1v) is 10.2. The summed E-state index contributed by atoms with van der Waals surface area (Å²) in [6.07, 6.45) is 5.75. The first-order valence-electron chi connectivity index (χ1n) is 9.36. The van der Waals surface area contributed by atoms with E-state index in [1.807, 2.05) is 34.8 Å². The van der Waals surface area contributed by atoms with Crippen LogP contribution in [0.25, 0.3) is 16.1 Å². The molecular weight excluding hydrogens is 372 g/mol. The molecule has 8 heteroatoms. The monoisotopic (exact) mass is 392 g/mol. The van der Waals surface area contributed by atoms with Gasteiger partial charge in [0, 0.05) is 48.9 Å². The summed E-state index contributed by atoms with van der Waals surface area (Å²) in [5.74, 6) is 0.933. The molecule has 5 heterocycles. The molecule has 1 aliphatic heterocycles. The smallest absolute Gasteiger partial charge is 0.274 e. The highest BCUT2D eigenvalue weighted by Crippen LogP contribution is 2.28. The number of aromatic nitrogens is 5. The summed E-state index contributed by atoms with van der Waals surface area (Å²) in [5.41, 5.74) is 2.46. The number of aryl methyl sites for hydroxylation is 1. The third-order valence-corrected chi connectivity index (χ3v) is 6.08. The van der Waals surface area contributed by atoms with Gasteiger partial charge >= 0.3 is 0 Å². The highest BCUT2D eigenvalue weighted by molar-refractivity contribution is 7.13. The van der Waals surface area contributed by atoms with Gasteiger partial charge < -0.3 is 4.90 Å². The van der Waals surface area contributed by atoms with Crippen LogP contribution in [0.5, 0.6) is 0 Å². The van der Waals surface area contributed by atoms with Crippen molar-refractivity contribution in [3.8, 4) is 10.4 Å². The molecule has 0 aliphatic carbocycles. The number of amides is 1. The van der Waals surface area contributed by atoms with Crippen molar-refractivity contribution < 1.29 is 4.79 Å². The van der Waals surface area contributed by atoms with Gasteiger partial charge in [0.05, 0.1) is 0 Å². The van der Waals surface area contributed by atoms with Crippen molar-refractivity contribution in [2.75, 3.05) is 13.1 Å². The van der Waals surface area contributed by atoms with Crippen LogP contribution in [0.15, 0.2) is 48.1 Å². The maximum Gasteiger partial charge on any atom is 0.274 e. The van der Waals surface area contributed by atoms with Gasteiger partial charge in [0.25, 0.3) is 5.91 Å². The Kier molecular flexibility index (Phi) is 4.20. The average molecular weight is 392 g/mol. The summed E-state index contributed by atoms with van der Waals surface area (Å²) in [7, 11) is 1.82. The second-order valence-electron chi connectivity index (χ2n) is 7.13. The lowest BCUT2D eigenvalue weighted by Crippen LogP contribution is -2.39. The number of likely N-dealkylation sites (tertiary alicyclic amines) is 1. The third-order valence-electron chi connectivity index (χ3n) is 5.16. The lowest BCUT2D eigenvalue weighted by Gasteiger charge is -2.30. The van der Waals surface area contributed by atoms with Gasteiger partial charge in [-0.05, 0) is 42.5 Å². The van der Waals surface area contributed by atoms with Gasteiger partial charge in [-0.2, -0.15) is 10.2 Å². The fourth-order valence-electron chi connectivity index (χ4n) is 3.73. The van der Waals surface area contributed by atoms with E-state index in [1.165, 1.54) is 4.88 Å². The Hall–Kier alpha value is -3.00. The predicted molar refractivity (Wildman–Crippen MR) is 107 cm³/mol. The minimum atomic E-state index is -0.0194. The van der Waals surface area contributed by atoms with Gasteiger partial charge in [-0.15, -0.1) is 11.3 Å². The number of carbonyl (C=O) groups is 1. The molecule has 28 heavy (non-hydrogen) atoms. The van der Waals surface area contributed by atoms with Crippen molar-refractivity contribution in [2.24, 2.45) is 7.05 Å². The van der Waals surface area contributed by atoms with E-state index in [1.54, 1.807) is 28.3 Å². The molecule has 0 spiro atoms. The highest BCUT2D eigenvalue weighted by Gasteiger charge is 2.29. The molecular formula is C20H20N6OS. The molecule has 0 N–H and O–H groups in total. The Labute approximate surface area is 166 Å². The van der Waals surface area contributed by atoms with Crippen molar-refractivity contribution in [1.29, 1.82) is 0 Å². The van der Waals surface area contributed by atoms with Crippen molar-refractivity contribution >= 4 is 22.9 Å². The van der Waals surface area contributed by atoms with Crippen LogP contribution in [0.2, 0.25) is 0 Å². The molecule has 0 unspecified atom stereocenters. The molecule has 4 aromatic rings. The number of piperidine rings is 1. The maximum atomic E-state index is 12.7. The highest BCUT2D eigenvalue weighted by atomic mass is 32.1. The number of hydrogen-bond acceptors (Lipinski definition) is 5. The number of nitrogens with zero attached hydrogens (tertiary/aromatic N) is 6. The number of pyridine rings is 1. The second-order valence-corrected chi connectivity index (χ2v) is 8.08. The van der Waals surface area contributed by atoms with Crippen molar-refractivity contribution in [1.82, 2.24) is 29.3 Å². The van der Waals surface area contributed by atoms with Crippen LogP contribution in [0.3, 0.4) is 0 Å². The quantitative estimate of drug-likeness (QED) is 0.537. The SMILES string of the molecule is Cn1ccc(C(=O)N2CCC[C@@H](c3nc4ccc(-c5cccs5)cn4n3)C2)n1. The van der Waals surface area contributed by atoms with Crippen LogP contribution in [0.1, 0.15) is 35.1 Å². The third kappa shape index (κ3) is 3.09. The lowest BCUT2D eigenvalue weighted by atomic mass is 9.97. The molecule has 5 rings (SSSR count). The minimum Gasteiger partial charge on any atom is -0.337 e. The summed E-state index contributed by atoms with van der Waals surface area (Å²) in [6, 6.07) is 10.0. The van der Waals surface area contributed by atoms with Gasteiger partial charge in [0.2, 0.25) is 0 Å². The number of hydrogen-bond donors (Lipinski definition) is 0. The van der Waals surface area contributed by atoms with Crippen molar-refractivity contribution in [3.63, 3.8) is 0 Å². The molecule has 4 aromatic heterocycles. The molecule has 0 bridgehead atoms. The maximum absolute atomic E-state index is 12.7. The Balaban J connectivity index is 1.39. The van der Waals surface area contributed by atoms with E-state index in [9.17, 15) is 4.79 Å². The lowest BCUT2D eigenvalue weighted by molar-refractivity contribution is 0.0698. The number of rotatable bonds is 3. The molecule has 0 radical (unpaired) electrons. The van der Waals surface area contributed by atoms with Crippen LogP contribution in [0, 0.1) is 0 Å². The van der Waals surface area contributed by atoms with Crippen molar-refractivity contribution in [3.05, 3.63) is 59.6 Å². The van der Waals surface area contributed by atoms with Gasteiger partial charge in [-0.3, -0.25) is 9.48 Å². The molecule has 1 aliphatic rings. The number of thiophene rings is 1. The van der Waals surface area contributed by atoms with E-state index in [-0.39, 0.29) is 11.8 Å². The minimum absolute atomic E-state index is 0.0194. The van der Waals surface area contributed by atoms with E-state index in [0.717, 1.165) is 36.4 Å². The summed E-state index contributed by atoms with van der Waals surface area (Å²) in [6.45, 7) is 1.38. The van der Waals surface area contributed by atoms with Gasteiger partial charge in [0.15, 0.2) is 11.5 Å². The molecule has 7 nitrogen and oxygen atoms in total. The molecule has 0 aromatic carbocycles. The fourth-order valence-corrected chi connectivity index (χ4v) is 4.44. The second kappa shape index (κ2) is 6.87. The van der Waals surface area contributed by atoms with E-state index >= 15 is 0 Å². The molecule has 1 amide bonds. The topological polar surface area (TPSA) is 68.3 Å². The Bertz CT molecular complexity index is 1130. The molecule has 1 atom stereocenters. The standard InChI is InChI=1S/C20H20N6OS/c1-24-10-8-16(22-24)20(27)25-9-2-4-15(12-25)19-21-18-7-6-14(13-26(18)23-19)17-5-3-11-28-17/h3,5-8,10-11,13,15H,2,4,9,12H2,1H3/t15-/m1/s1. The van der Waals surface area contributed by atoms with Crippen LogP contribution in [0.4, 0.5) is 0 Å². The summed E-state index contributed by atoms with van der Waals surface area (Å²) in [5, 5.41) is 11.0. The van der Waals surface area contributed by atoms with E-state index in [0.29, 0.717) is 12.2 Å². The fraction of sp³-hybridized carbons (Fsp3) is 0.300. The zero-order chi connectivity index (χ0) is 19.1. The molecule has 0 saturated carbocycles. The largest absolute Gasteiger partial charge is 0.337 e. The van der Waals surface area contributed by atoms with Crippen LogP contribution in [-0.2, 0) is 7.05 Å². The Morgan fingerprint density at radius 3 is 2.93 bits per heavy atom. The summed E-state index contributed by atoms with van der Waals surface area (Å²) >= 11 is 1.71. The normalized spacial score (nSPS) is 17.3. The summed E-state index contributed by atoms with van der Waals surface area (Å²) in [4.78, 5) is 20.6. The predicted octanol–water partition coefficient (Wildman–Crippen LogP) is 3.21. The zero-order valence-corrected chi connectivity index (χ0v) is 16.3. The van der Waals surface area contributed by atoms with Crippen LogP contribution >= 0.6 is 11.3 Å². The summed E-state index contributed by atoms with van der Waals surface area (Å²) < 4.78 is 3.51. The van der Waals surface area contributed by atoms with Gasteiger partial charge in [-0.1, -0.05) is 6.07 Å². The van der Waals surface area contributed by atoms with E-state index in [4.69, 9.17) is 10.1 Å². The average Bonchev–Trinajstić information content (AvgIpc) is 3.47. The van der Waals surface area contributed by atoms with E-state index in [2.05, 4.69) is 22.6 Å².